The maximum absolute atomic E-state index is 12.6. The highest BCUT2D eigenvalue weighted by Gasteiger charge is 2.29. The van der Waals surface area contributed by atoms with Crippen molar-refractivity contribution in [2.75, 3.05) is 12.0 Å². The van der Waals surface area contributed by atoms with Gasteiger partial charge in [0.15, 0.2) is 0 Å². The number of halogens is 1. The van der Waals surface area contributed by atoms with Gasteiger partial charge in [-0.25, -0.2) is 4.39 Å². The summed E-state index contributed by atoms with van der Waals surface area (Å²) in [5, 5.41) is 10.4. The minimum atomic E-state index is -0.511. The Kier molecular flexibility index (Phi) is 3.55. The first-order valence-corrected chi connectivity index (χ1v) is 5.44. The fourth-order valence-electron chi connectivity index (χ4n) is 1.77. The summed E-state index contributed by atoms with van der Waals surface area (Å²) in [7, 11) is 0. The van der Waals surface area contributed by atoms with Crippen molar-refractivity contribution in [1.29, 1.82) is 0 Å². The number of hydrogen-bond acceptors (Lipinski definition) is 4. The second kappa shape index (κ2) is 5.11. The van der Waals surface area contributed by atoms with Crippen molar-refractivity contribution in [3.8, 4) is 0 Å². The zero-order valence-corrected chi connectivity index (χ0v) is 9.19. The Hall–Kier alpha value is -1.66. The van der Waals surface area contributed by atoms with Crippen LogP contribution in [0.25, 0.3) is 0 Å². The average molecular weight is 239 g/mol. The third-order valence-corrected chi connectivity index (χ3v) is 2.70. The van der Waals surface area contributed by atoms with E-state index in [9.17, 15) is 14.4 Å². The van der Waals surface area contributed by atoms with Crippen LogP contribution in [0.15, 0.2) is 24.3 Å². The molecule has 1 aliphatic rings. The van der Waals surface area contributed by atoms with E-state index in [4.69, 9.17) is 0 Å². The first kappa shape index (κ1) is 11.8. The van der Waals surface area contributed by atoms with Gasteiger partial charge in [-0.1, -0.05) is 0 Å². The van der Waals surface area contributed by atoms with E-state index in [1.165, 1.54) is 24.3 Å². The Morgan fingerprint density at radius 2 is 2.12 bits per heavy atom. The van der Waals surface area contributed by atoms with Gasteiger partial charge in [0, 0.05) is 6.54 Å². The largest absolute Gasteiger partial charge is 0.313 e. The molecule has 1 unspecified atom stereocenters. The number of rotatable bonds is 3. The summed E-state index contributed by atoms with van der Waals surface area (Å²) in [6.45, 7) is 0.509. The van der Waals surface area contributed by atoms with E-state index in [1.54, 1.807) is 0 Å². The molecule has 1 atom stereocenters. The molecule has 2 rings (SSSR count). The van der Waals surface area contributed by atoms with Crippen molar-refractivity contribution < 1.29 is 14.4 Å². The smallest absolute Gasteiger partial charge is 0.258 e. The molecule has 1 amide bonds. The summed E-state index contributed by atoms with van der Waals surface area (Å²) in [6.07, 6.45) is 1.43. The van der Waals surface area contributed by atoms with Crippen LogP contribution >= 0.6 is 0 Å². The summed E-state index contributed by atoms with van der Waals surface area (Å²) in [5.41, 5.74) is 5.73. The number of carbonyl (C=O) groups excluding carboxylic acids is 1. The Bertz CT molecular complexity index is 396. The molecule has 3 N–H and O–H groups in total. The van der Waals surface area contributed by atoms with Crippen LogP contribution in [-0.4, -0.2) is 28.8 Å². The summed E-state index contributed by atoms with van der Waals surface area (Å²) in [5.74, 6) is -0.631. The standard InChI is InChI=1S/C11H14FN3O2/c12-8-3-5-9(6-4-8)13-14-11(16)10-2-1-7-15(10)17/h3-6,10,13,17H,1-2,7H2,(H,14,16). The van der Waals surface area contributed by atoms with Crippen molar-refractivity contribution in [1.82, 2.24) is 10.5 Å². The molecular weight excluding hydrogens is 225 g/mol. The fraction of sp³-hybridized carbons (Fsp3) is 0.364. The molecule has 0 bridgehead atoms. The van der Waals surface area contributed by atoms with Gasteiger partial charge < -0.3 is 5.21 Å². The molecule has 0 aromatic heterocycles. The number of carbonyl (C=O) groups is 1. The van der Waals surface area contributed by atoms with E-state index in [-0.39, 0.29) is 11.7 Å². The summed E-state index contributed by atoms with van der Waals surface area (Å²) in [4.78, 5) is 11.6. The first-order valence-electron chi connectivity index (χ1n) is 5.44. The van der Waals surface area contributed by atoms with Crippen LogP contribution in [-0.2, 0) is 4.79 Å². The molecule has 6 heteroatoms. The van der Waals surface area contributed by atoms with Crippen molar-refractivity contribution >= 4 is 11.6 Å². The van der Waals surface area contributed by atoms with Crippen LogP contribution in [0.5, 0.6) is 0 Å². The fourth-order valence-corrected chi connectivity index (χ4v) is 1.77. The van der Waals surface area contributed by atoms with Crippen LogP contribution in [0, 0.1) is 5.82 Å². The quantitative estimate of drug-likeness (QED) is 0.692. The molecule has 1 fully saturated rings. The number of nitrogens with zero attached hydrogens (tertiary/aromatic N) is 1. The van der Waals surface area contributed by atoms with Crippen LogP contribution in [0.3, 0.4) is 0 Å². The van der Waals surface area contributed by atoms with Gasteiger partial charge in [0.05, 0.1) is 5.69 Å². The van der Waals surface area contributed by atoms with E-state index in [0.717, 1.165) is 11.5 Å². The molecule has 0 spiro atoms. The molecule has 1 aliphatic heterocycles. The molecule has 92 valence electrons. The zero-order valence-electron chi connectivity index (χ0n) is 9.19. The summed E-state index contributed by atoms with van der Waals surface area (Å²) in [6, 6.07) is 5.11. The zero-order chi connectivity index (χ0) is 12.3. The van der Waals surface area contributed by atoms with Crippen LogP contribution in [0.1, 0.15) is 12.8 Å². The molecule has 17 heavy (non-hydrogen) atoms. The van der Waals surface area contributed by atoms with Gasteiger partial charge in [0.1, 0.15) is 11.9 Å². The molecule has 1 heterocycles. The average Bonchev–Trinajstić information content (AvgIpc) is 2.74. The molecule has 0 aliphatic carbocycles. The monoisotopic (exact) mass is 239 g/mol. The number of benzene rings is 1. The lowest BCUT2D eigenvalue weighted by Crippen LogP contribution is -2.43. The number of nitrogens with one attached hydrogen (secondary N) is 2. The van der Waals surface area contributed by atoms with Crippen molar-refractivity contribution in [3.05, 3.63) is 30.1 Å². The lowest BCUT2D eigenvalue weighted by atomic mass is 10.2. The SMILES string of the molecule is O=C(NNc1ccc(F)cc1)C1CCCN1O. The van der Waals surface area contributed by atoms with E-state index < -0.39 is 6.04 Å². The Labute approximate surface area is 98.2 Å². The second-order valence-electron chi connectivity index (χ2n) is 3.94. The van der Waals surface area contributed by atoms with Crippen molar-refractivity contribution in [2.24, 2.45) is 0 Å². The molecule has 0 saturated carbocycles. The van der Waals surface area contributed by atoms with E-state index in [2.05, 4.69) is 10.9 Å². The van der Waals surface area contributed by atoms with Gasteiger partial charge >= 0.3 is 0 Å². The summed E-state index contributed by atoms with van der Waals surface area (Å²) < 4.78 is 12.6. The van der Waals surface area contributed by atoms with Crippen LogP contribution in [0.2, 0.25) is 0 Å². The van der Waals surface area contributed by atoms with Gasteiger partial charge in [-0.05, 0) is 37.1 Å². The van der Waals surface area contributed by atoms with Gasteiger partial charge in [-0.2, -0.15) is 5.06 Å². The molecule has 5 nitrogen and oxygen atoms in total. The van der Waals surface area contributed by atoms with Crippen molar-refractivity contribution in [2.45, 2.75) is 18.9 Å². The molecule has 1 aromatic carbocycles. The highest BCUT2D eigenvalue weighted by atomic mass is 19.1. The molecular formula is C11H14FN3O2. The minimum absolute atomic E-state index is 0.297. The maximum Gasteiger partial charge on any atom is 0.258 e. The van der Waals surface area contributed by atoms with Gasteiger partial charge in [0.2, 0.25) is 0 Å². The van der Waals surface area contributed by atoms with Crippen LogP contribution in [0.4, 0.5) is 10.1 Å². The third kappa shape index (κ3) is 2.92. The Morgan fingerprint density at radius 1 is 1.41 bits per heavy atom. The first-order chi connectivity index (χ1) is 8.16. The van der Waals surface area contributed by atoms with Crippen LogP contribution < -0.4 is 10.9 Å². The Balaban J connectivity index is 1.85. The second-order valence-corrected chi connectivity index (χ2v) is 3.94. The predicted octanol–water partition coefficient (Wildman–Crippen LogP) is 1.12. The van der Waals surface area contributed by atoms with Gasteiger partial charge in [-0.3, -0.25) is 15.6 Å². The van der Waals surface area contributed by atoms with E-state index in [0.29, 0.717) is 18.7 Å². The predicted molar refractivity (Wildman–Crippen MR) is 59.7 cm³/mol. The number of hydrogen-bond donors (Lipinski definition) is 3. The molecule has 1 saturated heterocycles. The minimum Gasteiger partial charge on any atom is -0.313 e. The topological polar surface area (TPSA) is 64.6 Å². The molecule has 0 radical (unpaired) electrons. The third-order valence-electron chi connectivity index (χ3n) is 2.70. The number of amides is 1. The summed E-state index contributed by atoms with van der Waals surface area (Å²) >= 11 is 0. The normalized spacial score (nSPS) is 20.2. The van der Waals surface area contributed by atoms with Gasteiger partial charge in [0.25, 0.3) is 5.91 Å². The number of hydroxylamine groups is 2. The number of anilines is 1. The molecule has 1 aromatic rings. The lowest BCUT2D eigenvalue weighted by molar-refractivity contribution is -0.144. The van der Waals surface area contributed by atoms with E-state index >= 15 is 0 Å². The number of hydrazine groups is 1. The van der Waals surface area contributed by atoms with Gasteiger partial charge in [-0.15, -0.1) is 0 Å². The van der Waals surface area contributed by atoms with Crippen molar-refractivity contribution in [3.63, 3.8) is 0 Å². The Morgan fingerprint density at radius 3 is 2.71 bits per heavy atom. The lowest BCUT2D eigenvalue weighted by Gasteiger charge is -2.17. The highest BCUT2D eigenvalue weighted by molar-refractivity contribution is 5.82. The van der Waals surface area contributed by atoms with E-state index in [1.807, 2.05) is 0 Å². The highest BCUT2D eigenvalue weighted by Crippen LogP contribution is 2.14. The maximum atomic E-state index is 12.6.